The van der Waals surface area contributed by atoms with E-state index in [9.17, 15) is 22.4 Å². The van der Waals surface area contributed by atoms with Gasteiger partial charge < -0.3 is 4.74 Å². The van der Waals surface area contributed by atoms with Gasteiger partial charge in [0.2, 0.25) is 11.7 Å². The van der Waals surface area contributed by atoms with E-state index in [-0.39, 0.29) is 11.6 Å². The number of alkyl halides is 2. The molecule has 1 aromatic heterocycles. The third-order valence-electron chi connectivity index (χ3n) is 3.71. The predicted octanol–water partition coefficient (Wildman–Crippen LogP) is 5.00. The van der Waals surface area contributed by atoms with Gasteiger partial charge in [0.15, 0.2) is 0 Å². The molecule has 0 bridgehead atoms. The summed E-state index contributed by atoms with van der Waals surface area (Å²) in [5.74, 6) is -8.39. The molecule has 0 spiro atoms. The molecule has 0 aliphatic heterocycles. The van der Waals surface area contributed by atoms with Gasteiger partial charge in [-0.25, -0.2) is 13.8 Å². The highest BCUT2D eigenvalue weighted by Gasteiger charge is 2.44. The van der Waals surface area contributed by atoms with Crippen molar-refractivity contribution in [3.05, 3.63) is 89.1 Å². The molecule has 0 atom stereocenters. The Kier molecular flexibility index (Phi) is 5.09. The molecule has 0 saturated carbocycles. The van der Waals surface area contributed by atoms with Crippen molar-refractivity contribution in [2.24, 2.45) is 0 Å². The van der Waals surface area contributed by atoms with Gasteiger partial charge in [-0.3, -0.25) is 4.79 Å². The van der Waals surface area contributed by atoms with Crippen LogP contribution in [0.5, 0.6) is 11.6 Å². The number of hydrogen-bond donors (Lipinski definition) is 0. The first kappa shape index (κ1) is 19.0. The Labute approximate surface area is 156 Å². The molecule has 3 rings (SSSR count). The number of aromatic nitrogens is 1. The number of nitriles is 1. The summed E-state index contributed by atoms with van der Waals surface area (Å²) in [6.45, 7) is 0. The van der Waals surface area contributed by atoms with Crippen molar-refractivity contribution in [3.63, 3.8) is 0 Å². The Balaban J connectivity index is 1.88. The molecule has 0 amide bonds. The first-order valence-electron chi connectivity index (χ1n) is 7.84. The van der Waals surface area contributed by atoms with Gasteiger partial charge in [-0.05, 0) is 42.5 Å². The lowest BCUT2D eigenvalue weighted by Gasteiger charge is -2.16. The number of rotatable bonds is 5. The van der Waals surface area contributed by atoms with Crippen LogP contribution in [0.4, 0.5) is 17.6 Å². The molecule has 3 aromatic rings. The van der Waals surface area contributed by atoms with Crippen LogP contribution >= 0.6 is 0 Å². The van der Waals surface area contributed by atoms with Gasteiger partial charge in [-0.1, -0.05) is 6.07 Å². The summed E-state index contributed by atoms with van der Waals surface area (Å²) in [5.41, 5.74) is -1.52. The number of halogens is 4. The molecular weight excluding hydrogens is 376 g/mol. The van der Waals surface area contributed by atoms with Crippen molar-refractivity contribution in [2.45, 2.75) is 5.92 Å². The number of ether oxygens (including phenoxy) is 1. The maximum atomic E-state index is 14.6. The number of hydrogen-bond acceptors (Lipinski definition) is 4. The lowest BCUT2D eigenvalue weighted by Crippen LogP contribution is -2.28. The Morgan fingerprint density at radius 1 is 1.04 bits per heavy atom. The fourth-order valence-electron chi connectivity index (χ4n) is 2.32. The van der Waals surface area contributed by atoms with Gasteiger partial charge in [0, 0.05) is 12.1 Å². The van der Waals surface area contributed by atoms with E-state index in [2.05, 4.69) is 4.98 Å². The molecule has 140 valence electrons. The van der Waals surface area contributed by atoms with E-state index in [4.69, 9.17) is 10.00 Å². The monoisotopic (exact) mass is 386 g/mol. The van der Waals surface area contributed by atoms with Crippen LogP contribution in [0.15, 0.2) is 60.7 Å². The molecule has 0 fully saturated rings. The molecule has 2 aromatic carbocycles. The predicted molar refractivity (Wildman–Crippen MR) is 90.1 cm³/mol. The van der Waals surface area contributed by atoms with Crippen LogP contribution in [-0.2, 0) is 5.92 Å². The molecule has 4 nitrogen and oxygen atoms in total. The number of ketones is 1. The van der Waals surface area contributed by atoms with Gasteiger partial charge in [-0.2, -0.15) is 14.0 Å². The standard InChI is InChI=1S/C20H10F4N2O2/c21-13-6-9-15(16(22)10-13)19(27)20(23,24)17-2-1-3-18(26-17)28-14-7-4-12(11-25)5-8-14/h1-10H. The van der Waals surface area contributed by atoms with Crippen molar-refractivity contribution < 1.29 is 27.1 Å². The Hall–Kier alpha value is -3.73. The number of benzene rings is 2. The van der Waals surface area contributed by atoms with E-state index >= 15 is 0 Å². The Bertz CT molecular complexity index is 1080. The lowest BCUT2D eigenvalue weighted by molar-refractivity contribution is 0.00403. The molecule has 28 heavy (non-hydrogen) atoms. The number of carbonyl (C=O) groups excluding carboxylic acids is 1. The quantitative estimate of drug-likeness (QED) is 0.457. The highest BCUT2D eigenvalue weighted by atomic mass is 19.3. The van der Waals surface area contributed by atoms with Gasteiger partial charge in [0.25, 0.3) is 0 Å². The van der Waals surface area contributed by atoms with Crippen molar-refractivity contribution in [1.29, 1.82) is 5.26 Å². The second kappa shape index (κ2) is 7.48. The third kappa shape index (κ3) is 3.83. The van der Waals surface area contributed by atoms with Gasteiger partial charge in [0.05, 0.1) is 17.2 Å². The average molecular weight is 386 g/mol. The van der Waals surface area contributed by atoms with E-state index in [0.29, 0.717) is 23.8 Å². The first-order valence-corrected chi connectivity index (χ1v) is 7.84. The van der Waals surface area contributed by atoms with Crippen LogP contribution < -0.4 is 4.74 Å². The minimum absolute atomic E-state index is 0.228. The number of pyridine rings is 1. The minimum atomic E-state index is -4.16. The number of nitrogens with zero attached hydrogens (tertiary/aromatic N) is 2. The molecule has 0 unspecified atom stereocenters. The minimum Gasteiger partial charge on any atom is -0.439 e. The van der Waals surface area contributed by atoms with Crippen LogP contribution in [-0.4, -0.2) is 10.8 Å². The Morgan fingerprint density at radius 2 is 1.75 bits per heavy atom. The van der Waals surface area contributed by atoms with Crippen LogP contribution in [0.25, 0.3) is 0 Å². The second-order valence-electron chi connectivity index (χ2n) is 5.63. The summed E-state index contributed by atoms with van der Waals surface area (Å²) >= 11 is 0. The van der Waals surface area contributed by atoms with Crippen LogP contribution in [0.2, 0.25) is 0 Å². The van der Waals surface area contributed by atoms with Gasteiger partial charge in [0.1, 0.15) is 23.1 Å². The van der Waals surface area contributed by atoms with E-state index in [1.54, 1.807) is 0 Å². The van der Waals surface area contributed by atoms with Crippen molar-refractivity contribution in [2.75, 3.05) is 0 Å². The van der Waals surface area contributed by atoms with Crippen molar-refractivity contribution in [1.82, 2.24) is 4.98 Å². The normalized spacial score (nSPS) is 11.0. The molecular formula is C20H10F4N2O2. The van der Waals surface area contributed by atoms with E-state index in [1.165, 1.54) is 36.4 Å². The summed E-state index contributed by atoms with van der Waals surface area (Å²) in [6, 6.07) is 12.8. The molecule has 0 aliphatic rings. The highest BCUT2D eigenvalue weighted by Crippen LogP contribution is 2.33. The first-order chi connectivity index (χ1) is 13.3. The smallest absolute Gasteiger partial charge is 0.351 e. The maximum Gasteiger partial charge on any atom is 0.351 e. The summed E-state index contributed by atoms with van der Waals surface area (Å²) in [5, 5.41) is 8.76. The fourth-order valence-corrected chi connectivity index (χ4v) is 2.32. The average Bonchev–Trinajstić information content (AvgIpc) is 2.68. The topological polar surface area (TPSA) is 63.0 Å². The number of Topliss-reactive ketones (excluding diaryl/α,β-unsaturated/α-hetero) is 1. The van der Waals surface area contributed by atoms with Crippen LogP contribution in [0.1, 0.15) is 21.6 Å². The number of carbonyl (C=O) groups is 1. The van der Waals surface area contributed by atoms with Crippen LogP contribution in [0, 0.1) is 23.0 Å². The Morgan fingerprint density at radius 3 is 2.39 bits per heavy atom. The zero-order valence-corrected chi connectivity index (χ0v) is 14.0. The van der Waals surface area contributed by atoms with Gasteiger partial charge >= 0.3 is 5.92 Å². The maximum absolute atomic E-state index is 14.6. The van der Waals surface area contributed by atoms with Crippen molar-refractivity contribution in [3.8, 4) is 17.7 Å². The summed E-state index contributed by atoms with van der Waals surface area (Å²) in [7, 11) is 0. The SMILES string of the molecule is N#Cc1ccc(Oc2cccc(C(F)(F)C(=O)c3ccc(F)cc3F)n2)cc1. The molecule has 8 heteroatoms. The van der Waals surface area contributed by atoms with Crippen molar-refractivity contribution >= 4 is 5.78 Å². The zero-order valence-electron chi connectivity index (χ0n) is 14.0. The molecule has 0 N–H and O–H groups in total. The highest BCUT2D eigenvalue weighted by molar-refractivity contribution is 6.01. The summed E-state index contributed by atoms with van der Waals surface area (Å²) < 4.78 is 61.2. The van der Waals surface area contributed by atoms with E-state index < -0.39 is 34.6 Å². The third-order valence-corrected chi connectivity index (χ3v) is 3.71. The zero-order chi connectivity index (χ0) is 20.3. The molecule has 0 saturated heterocycles. The lowest BCUT2D eigenvalue weighted by atomic mass is 10.0. The van der Waals surface area contributed by atoms with E-state index in [1.807, 2.05) is 6.07 Å². The summed E-state index contributed by atoms with van der Waals surface area (Å²) in [6.07, 6.45) is 0. The van der Waals surface area contributed by atoms with Crippen LogP contribution in [0.3, 0.4) is 0 Å². The van der Waals surface area contributed by atoms with Gasteiger partial charge in [-0.15, -0.1) is 0 Å². The molecule has 0 aliphatic carbocycles. The molecule has 0 radical (unpaired) electrons. The fraction of sp³-hybridized carbons (Fsp3) is 0.0500. The second-order valence-corrected chi connectivity index (χ2v) is 5.63. The van der Waals surface area contributed by atoms with E-state index in [0.717, 1.165) is 6.07 Å². The molecule has 1 heterocycles. The summed E-state index contributed by atoms with van der Waals surface area (Å²) in [4.78, 5) is 15.7. The largest absolute Gasteiger partial charge is 0.439 e.